The number of nitrogens with one attached hydrogen (secondary N) is 1. The SMILES string of the molecule is COCCNc1nc(-c2ccc(N3CCC[C@H]3CO)c(S(C)(=O)=O)c2)cc2ncn(C)c(=O)c12. The molecule has 1 saturated heterocycles. The van der Waals surface area contributed by atoms with Crippen LogP contribution in [0.1, 0.15) is 12.8 Å². The number of hydrogen-bond donors (Lipinski definition) is 2. The van der Waals surface area contributed by atoms with Gasteiger partial charge in [0.05, 0.1) is 47.4 Å². The maximum Gasteiger partial charge on any atom is 0.264 e. The van der Waals surface area contributed by atoms with Crippen LogP contribution in [0.4, 0.5) is 11.5 Å². The Morgan fingerprint density at radius 1 is 1.29 bits per heavy atom. The molecular formula is C23H29N5O5S. The highest BCUT2D eigenvalue weighted by Gasteiger charge is 2.28. The average Bonchev–Trinajstić information content (AvgIpc) is 3.29. The molecule has 3 aromatic rings. The van der Waals surface area contributed by atoms with E-state index in [1.165, 1.54) is 17.2 Å². The van der Waals surface area contributed by atoms with Crippen molar-refractivity contribution in [1.82, 2.24) is 14.5 Å². The van der Waals surface area contributed by atoms with E-state index in [4.69, 9.17) is 4.74 Å². The number of rotatable bonds is 8. The molecule has 1 aromatic carbocycles. The lowest BCUT2D eigenvalue weighted by molar-refractivity contribution is 0.210. The molecule has 34 heavy (non-hydrogen) atoms. The number of sulfone groups is 1. The molecule has 1 fully saturated rings. The summed E-state index contributed by atoms with van der Waals surface area (Å²) < 4.78 is 31.9. The summed E-state index contributed by atoms with van der Waals surface area (Å²) in [5.41, 5.74) is 1.87. The number of benzene rings is 1. The van der Waals surface area contributed by atoms with Gasteiger partial charge >= 0.3 is 0 Å². The highest BCUT2D eigenvalue weighted by atomic mass is 32.2. The van der Waals surface area contributed by atoms with Crippen LogP contribution in [0.15, 0.2) is 40.3 Å². The summed E-state index contributed by atoms with van der Waals surface area (Å²) >= 11 is 0. The second-order valence-corrected chi connectivity index (χ2v) is 10.4. The van der Waals surface area contributed by atoms with Crippen molar-refractivity contribution >= 4 is 32.2 Å². The van der Waals surface area contributed by atoms with Gasteiger partial charge in [-0.15, -0.1) is 0 Å². The summed E-state index contributed by atoms with van der Waals surface area (Å²) in [6.45, 7) is 1.50. The fraction of sp³-hybridized carbons (Fsp3) is 0.435. The number of nitrogens with zero attached hydrogens (tertiary/aromatic N) is 4. The number of hydrogen-bond acceptors (Lipinski definition) is 9. The molecule has 2 N–H and O–H groups in total. The molecule has 182 valence electrons. The van der Waals surface area contributed by atoms with Gasteiger partial charge < -0.3 is 24.6 Å². The molecule has 1 atom stereocenters. The van der Waals surface area contributed by atoms with Crippen molar-refractivity contribution in [3.05, 3.63) is 40.9 Å². The first kappa shape index (κ1) is 24.1. The van der Waals surface area contributed by atoms with Crippen LogP contribution < -0.4 is 15.8 Å². The minimum Gasteiger partial charge on any atom is -0.394 e. The Hall–Kier alpha value is -3.02. The monoisotopic (exact) mass is 487 g/mol. The van der Waals surface area contributed by atoms with Gasteiger partial charge in [0.15, 0.2) is 9.84 Å². The fourth-order valence-corrected chi connectivity index (χ4v) is 5.23. The molecular weight excluding hydrogens is 458 g/mol. The van der Waals surface area contributed by atoms with Gasteiger partial charge in [0, 0.05) is 39.1 Å². The first-order valence-corrected chi connectivity index (χ1v) is 12.9. The first-order chi connectivity index (χ1) is 16.2. The van der Waals surface area contributed by atoms with Crippen molar-refractivity contribution in [3.8, 4) is 11.3 Å². The van der Waals surface area contributed by atoms with Crippen LogP contribution in [0, 0.1) is 0 Å². The lowest BCUT2D eigenvalue weighted by Crippen LogP contribution is -2.33. The van der Waals surface area contributed by atoms with Gasteiger partial charge in [-0.3, -0.25) is 4.79 Å². The minimum absolute atomic E-state index is 0.0334. The summed E-state index contributed by atoms with van der Waals surface area (Å²) in [5, 5.41) is 13.2. The van der Waals surface area contributed by atoms with Crippen LogP contribution in [0.5, 0.6) is 0 Å². The fourth-order valence-electron chi connectivity index (χ4n) is 4.32. The Balaban J connectivity index is 1.87. The smallest absolute Gasteiger partial charge is 0.264 e. The van der Waals surface area contributed by atoms with Crippen LogP contribution in [-0.4, -0.2) is 73.8 Å². The Labute approximate surface area is 198 Å². The topological polar surface area (TPSA) is 127 Å². The maximum absolute atomic E-state index is 12.8. The number of aryl methyl sites for hydroxylation is 1. The quantitative estimate of drug-likeness (QED) is 0.454. The largest absolute Gasteiger partial charge is 0.394 e. The van der Waals surface area contributed by atoms with E-state index >= 15 is 0 Å². The number of aliphatic hydroxyl groups excluding tert-OH is 1. The number of aliphatic hydroxyl groups is 1. The molecule has 10 nitrogen and oxygen atoms in total. The number of ether oxygens (including phenoxy) is 1. The van der Waals surface area contributed by atoms with Gasteiger partial charge in [-0.05, 0) is 31.0 Å². The molecule has 2 aromatic heterocycles. The van der Waals surface area contributed by atoms with Gasteiger partial charge in [0.25, 0.3) is 5.56 Å². The Kier molecular flexibility index (Phi) is 6.87. The number of fused-ring (bicyclic) bond motifs is 1. The van der Waals surface area contributed by atoms with Crippen LogP contribution in [0.3, 0.4) is 0 Å². The average molecular weight is 488 g/mol. The van der Waals surface area contributed by atoms with Gasteiger partial charge in [-0.25, -0.2) is 18.4 Å². The number of methoxy groups -OCH3 is 1. The Bertz CT molecular complexity index is 1370. The third-order valence-electron chi connectivity index (χ3n) is 6.05. The summed E-state index contributed by atoms with van der Waals surface area (Å²) in [7, 11) is -0.362. The van der Waals surface area contributed by atoms with Crippen LogP contribution >= 0.6 is 0 Å². The van der Waals surface area contributed by atoms with Crippen LogP contribution in [0.2, 0.25) is 0 Å². The van der Waals surface area contributed by atoms with Crippen molar-refractivity contribution in [2.24, 2.45) is 7.05 Å². The van der Waals surface area contributed by atoms with E-state index in [1.54, 1.807) is 32.4 Å². The summed E-state index contributed by atoms with van der Waals surface area (Å²) in [5.74, 6) is 0.364. The second-order valence-electron chi connectivity index (χ2n) is 8.46. The Morgan fingerprint density at radius 3 is 2.79 bits per heavy atom. The van der Waals surface area contributed by atoms with E-state index in [0.717, 1.165) is 12.8 Å². The molecule has 0 bridgehead atoms. The predicted octanol–water partition coefficient (Wildman–Crippen LogP) is 1.42. The van der Waals surface area contributed by atoms with Gasteiger partial charge in [-0.2, -0.15) is 0 Å². The van der Waals surface area contributed by atoms with E-state index < -0.39 is 9.84 Å². The molecule has 1 aliphatic rings. The normalized spacial score (nSPS) is 16.4. The van der Waals surface area contributed by atoms with Crippen molar-refractivity contribution < 1.29 is 18.3 Å². The zero-order valence-electron chi connectivity index (χ0n) is 19.5. The highest BCUT2D eigenvalue weighted by molar-refractivity contribution is 7.90. The molecule has 4 rings (SSSR count). The number of pyridine rings is 1. The van der Waals surface area contributed by atoms with Gasteiger partial charge in [0.2, 0.25) is 0 Å². The molecule has 1 aliphatic heterocycles. The van der Waals surface area contributed by atoms with Crippen molar-refractivity contribution in [1.29, 1.82) is 0 Å². The molecule has 0 unspecified atom stereocenters. The van der Waals surface area contributed by atoms with E-state index in [0.29, 0.717) is 53.4 Å². The summed E-state index contributed by atoms with van der Waals surface area (Å²) in [4.78, 5) is 24.0. The number of aromatic nitrogens is 3. The molecule has 0 saturated carbocycles. The molecule has 0 spiro atoms. The molecule has 3 heterocycles. The zero-order valence-corrected chi connectivity index (χ0v) is 20.3. The number of anilines is 2. The van der Waals surface area contributed by atoms with Crippen molar-refractivity contribution in [2.45, 2.75) is 23.8 Å². The van der Waals surface area contributed by atoms with E-state index in [9.17, 15) is 18.3 Å². The standard InChI is InChI=1S/C23H29N5O5S/c1-27-14-25-18-12-17(26-22(21(18)23(27)30)24-8-10-33-2)15-6-7-19(20(11-15)34(3,31)32)28-9-4-5-16(28)13-29/h6-7,11-12,14,16,29H,4-5,8-10,13H2,1-3H3,(H,24,26)/t16-/m0/s1. The maximum atomic E-state index is 12.8. The summed E-state index contributed by atoms with van der Waals surface area (Å²) in [6, 6.07) is 6.76. The van der Waals surface area contributed by atoms with Gasteiger partial charge in [-0.1, -0.05) is 6.07 Å². The summed E-state index contributed by atoms with van der Waals surface area (Å²) in [6.07, 6.45) is 4.32. The van der Waals surface area contributed by atoms with Crippen molar-refractivity contribution in [2.75, 3.05) is 49.9 Å². The van der Waals surface area contributed by atoms with Crippen LogP contribution in [0.25, 0.3) is 22.2 Å². The predicted molar refractivity (Wildman–Crippen MR) is 131 cm³/mol. The zero-order chi connectivity index (χ0) is 24.5. The first-order valence-electron chi connectivity index (χ1n) is 11.1. The minimum atomic E-state index is -3.57. The van der Waals surface area contributed by atoms with Crippen LogP contribution in [-0.2, 0) is 21.6 Å². The lowest BCUT2D eigenvalue weighted by atomic mass is 10.1. The van der Waals surface area contributed by atoms with E-state index in [2.05, 4.69) is 15.3 Å². The van der Waals surface area contributed by atoms with E-state index in [-0.39, 0.29) is 23.1 Å². The highest BCUT2D eigenvalue weighted by Crippen LogP contribution is 2.35. The Morgan fingerprint density at radius 2 is 2.09 bits per heavy atom. The third-order valence-corrected chi connectivity index (χ3v) is 7.18. The third kappa shape index (κ3) is 4.63. The lowest BCUT2D eigenvalue weighted by Gasteiger charge is -2.27. The van der Waals surface area contributed by atoms with Gasteiger partial charge in [0.1, 0.15) is 11.2 Å². The molecule has 0 radical (unpaired) electrons. The van der Waals surface area contributed by atoms with E-state index in [1.807, 2.05) is 11.0 Å². The van der Waals surface area contributed by atoms with Crippen molar-refractivity contribution in [3.63, 3.8) is 0 Å². The second kappa shape index (κ2) is 9.69. The molecule has 0 amide bonds. The molecule has 11 heteroatoms. The molecule has 0 aliphatic carbocycles.